The summed E-state index contributed by atoms with van der Waals surface area (Å²) in [5.41, 5.74) is 3.66. The van der Waals surface area contributed by atoms with E-state index in [-0.39, 0.29) is 6.10 Å². The van der Waals surface area contributed by atoms with Crippen molar-refractivity contribution in [2.24, 2.45) is 0 Å². The van der Waals surface area contributed by atoms with Gasteiger partial charge in [0.1, 0.15) is 0 Å². The van der Waals surface area contributed by atoms with Gasteiger partial charge >= 0.3 is 5.97 Å². The molecule has 2 aromatic carbocycles. The Morgan fingerprint density at radius 3 is 2.49 bits per heavy atom. The maximum absolute atomic E-state index is 11.3. The van der Waals surface area contributed by atoms with Gasteiger partial charge in [-0.3, -0.25) is 0 Å². The third-order valence-corrected chi connectivity index (χ3v) is 9.57. The second-order valence-corrected chi connectivity index (χ2v) is 11.7. The molecule has 2 heterocycles. The molecule has 0 amide bonds. The van der Waals surface area contributed by atoms with Crippen LogP contribution in [0.1, 0.15) is 41.6 Å². The molecular formula is C28H26O4S3. The van der Waals surface area contributed by atoms with Gasteiger partial charge in [-0.1, -0.05) is 18.2 Å². The quantitative estimate of drug-likeness (QED) is 0.223. The number of benzene rings is 2. The van der Waals surface area contributed by atoms with Gasteiger partial charge in [0.25, 0.3) is 0 Å². The number of thioether (sulfide) groups is 1. The zero-order chi connectivity index (χ0) is 24.2. The number of hydrogen-bond acceptors (Lipinski definition) is 6. The van der Waals surface area contributed by atoms with Gasteiger partial charge in [-0.2, -0.15) is 0 Å². The van der Waals surface area contributed by atoms with E-state index in [9.17, 15) is 9.90 Å². The van der Waals surface area contributed by atoms with Gasteiger partial charge in [0.15, 0.2) is 11.5 Å². The van der Waals surface area contributed by atoms with E-state index in [1.807, 2.05) is 30.0 Å². The van der Waals surface area contributed by atoms with Crippen molar-refractivity contribution >= 4 is 40.4 Å². The average Bonchev–Trinajstić information content (AvgIpc) is 3.65. The summed E-state index contributed by atoms with van der Waals surface area (Å²) in [6.45, 7) is 0. The minimum absolute atomic E-state index is 0.253. The summed E-state index contributed by atoms with van der Waals surface area (Å²) >= 11 is 5.29. The van der Waals surface area contributed by atoms with Crippen LogP contribution in [0.2, 0.25) is 0 Å². The van der Waals surface area contributed by atoms with Gasteiger partial charge in [0.2, 0.25) is 0 Å². The summed E-state index contributed by atoms with van der Waals surface area (Å²) in [5, 5.41) is 11.4. The van der Waals surface area contributed by atoms with Crippen LogP contribution in [0.25, 0.3) is 20.9 Å². The molecule has 1 aliphatic rings. The predicted octanol–water partition coefficient (Wildman–Crippen LogP) is 8.46. The number of hydrogen-bond donors (Lipinski definition) is 1. The summed E-state index contributed by atoms with van der Waals surface area (Å²) in [4.78, 5) is 13.6. The van der Waals surface area contributed by atoms with Gasteiger partial charge in [-0.25, -0.2) is 4.79 Å². The molecule has 1 N–H and O–H groups in total. The van der Waals surface area contributed by atoms with E-state index in [4.69, 9.17) is 9.47 Å². The van der Waals surface area contributed by atoms with Crippen LogP contribution in [0.4, 0.5) is 0 Å². The molecule has 7 heteroatoms. The number of methoxy groups -OCH3 is 1. The maximum atomic E-state index is 11.3. The van der Waals surface area contributed by atoms with Crippen LogP contribution < -0.4 is 9.47 Å². The lowest BCUT2D eigenvalue weighted by molar-refractivity contribution is 0.0697. The van der Waals surface area contributed by atoms with Crippen LogP contribution >= 0.6 is 34.4 Å². The molecule has 0 bridgehead atoms. The number of carboxylic acid groups (broad SMARTS) is 1. The Kier molecular flexibility index (Phi) is 7.46. The Balaban J connectivity index is 1.49. The largest absolute Gasteiger partial charge is 0.493 e. The first kappa shape index (κ1) is 24.0. The molecule has 0 saturated heterocycles. The number of ether oxygens (including phenoxy) is 2. The Hall–Kier alpha value is -2.74. The summed E-state index contributed by atoms with van der Waals surface area (Å²) in [6, 6.07) is 19.8. The number of carboxylic acids is 1. The van der Waals surface area contributed by atoms with Crippen LogP contribution in [0.3, 0.4) is 0 Å². The van der Waals surface area contributed by atoms with E-state index in [0.29, 0.717) is 5.56 Å². The minimum atomic E-state index is -0.912. The van der Waals surface area contributed by atoms with E-state index in [2.05, 4.69) is 35.7 Å². The first-order valence-corrected chi connectivity index (χ1v) is 14.3. The first-order chi connectivity index (χ1) is 17.1. The van der Waals surface area contributed by atoms with E-state index >= 15 is 0 Å². The Labute approximate surface area is 217 Å². The molecule has 0 radical (unpaired) electrons. The van der Waals surface area contributed by atoms with Crippen molar-refractivity contribution in [2.45, 2.75) is 41.7 Å². The molecule has 1 aliphatic carbocycles. The topological polar surface area (TPSA) is 55.8 Å². The van der Waals surface area contributed by atoms with Gasteiger partial charge in [0.05, 0.1) is 23.0 Å². The van der Waals surface area contributed by atoms with Crippen LogP contribution in [0.5, 0.6) is 11.5 Å². The van der Waals surface area contributed by atoms with Crippen molar-refractivity contribution in [2.75, 3.05) is 7.11 Å². The highest BCUT2D eigenvalue weighted by molar-refractivity contribution is 8.00. The lowest BCUT2D eigenvalue weighted by Gasteiger charge is -2.16. The SMILES string of the molecule is COc1ccc(-c2cc(CSc3cccs3)c(-c3ccc(C(=O)O)cc3)s2)cc1OC1CCCC1. The summed E-state index contributed by atoms with van der Waals surface area (Å²) in [5.74, 6) is 1.49. The van der Waals surface area contributed by atoms with Crippen LogP contribution in [-0.4, -0.2) is 24.3 Å². The molecule has 180 valence electrons. The zero-order valence-electron chi connectivity index (χ0n) is 19.4. The Bertz CT molecular complexity index is 1290. The van der Waals surface area contributed by atoms with Crippen LogP contribution in [0.15, 0.2) is 70.3 Å². The molecular weight excluding hydrogens is 497 g/mol. The van der Waals surface area contributed by atoms with Gasteiger partial charge in [0, 0.05) is 15.5 Å². The lowest BCUT2D eigenvalue weighted by Crippen LogP contribution is -2.11. The molecule has 1 saturated carbocycles. The number of thiophene rings is 2. The van der Waals surface area contributed by atoms with E-state index < -0.39 is 5.97 Å². The van der Waals surface area contributed by atoms with Gasteiger partial charge < -0.3 is 14.6 Å². The fourth-order valence-corrected chi connectivity index (χ4v) is 7.33. The maximum Gasteiger partial charge on any atom is 0.335 e. The summed E-state index contributed by atoms with van der Waals surface area (Å²) in [6.07, 6.45) is 4.86. The fraction of sp³-hybridized carbons (Fsp3) is 0.250. The molecule has 0 spiro atoms. The normalized spacial score (nSPS) is 13.7. The standard InChI is InChI=1S/C28H26O4S3/c1-31-23-13-12-20(15-24(23)32-22-5-2-3-6-22)25-16-21(17-34-26-7-4-14-33-26)27(35-25)18-8-10-19(11-9-18)28(29)30/h4,7-16,22H,2-3,5-6,17H2,1H3,(H,29,30). The molecule has 4 nitrogen and oxygen atoms in total. The second-order valence-electron chi connectivity index (χ2n) is 8.46. The predicted molar refractivity (Wildman–Crippen MR) is 145 cm³/mol. The van der Waals surface area contributed by atoms with Crippen molar-refractivity contribution < 1.29 is 19.4 Å². The number of aromatic carboxylic acids is 1. The fourth-order valence-electron chi connectivity index (χ4n) is 4.29. The van der Waals surface area contributed by atoms with Gasteiger partial charge in [-0.05, 0) is 90.2 Å². The highest BCUT2D eigenvalue weighted by Crippen LogP contribution is 2.43. The summed E-state index contributed by atoms with van der Waals surface area (Å²) in [7, 11) is 1.68. The molecule has 35 heavy (non-hydrogen) atoms. The monoisotopic (exact) mass is 522 g/mol. The second kappa shape index (κ2) is 10.9. The van der Waals surface area contributed by atoms with Crippen molar-refractivity contribution in [1.82, 2.24) is 0 Å². The Morgan fingerprint density at radius 2 is 1.80 bits per heavy atom. The number of rotatable bonds is 9. The zero-order valence-corrected chi connectivity index (χ0v) is 21.8. The third-order valence-electron chi connectivity index (χ3n) is 6.11. The molecule has 1 fully saturated rings. The lowest BCUT2D eigenvalue weighted by atomic mass is 10.1. The summed E-state index contributed by atoms with van der Waals surface area (Å²) < 4.78 is 13.2. The van der Waals surface area contributed by atoms with Gasteiger partial charge in [-0.15, -0.1) is 34.4 Å². The number of carbonyl (C=O) groups is 1. The molecule has 2 aromatic heterocycles. The molecule has 0 aliphatic heterocycles. The van der Waals surface area contributed by atoms with Crippen LogP contribution in [-0.2, 0) is 5.75 Å². The highest BCUT2D eigenvalue weighted by Gasteiger charge is 2.20. The van der Waals surface area contributed by atoms with Crippen molar-refractivity contribution in [3.8, 4) is 32.4 Å². The smallest absolute Gasteiger partial charge is 0.335 e. The highest BCUT2D eigenvalue weighted by atomic mass is 32.2. The molecule has 0 atom stereocenters. The first-order valence-electron chi connectivity index (χ1n) is 11.6. The van der Waals surface area contributed by atoms with Crippen LogP contribution in [0, 0.1) is 0 Å². The van der Waals surface area contributed by atoms with E-state index in [1.165, 1.54) is 22.6 Å². The molecule has 5 rings (SSSR count). The van der Waals surface area contributed by atoms with E-state index in [0.717, 1.165) is 51.0 Å². The van der Waals surface area contributed by atoms with Crippen molar-refractivity contribution in [3.05, 3.63) is 77.2 Å². The minimum Gasteiger partial charge on any atom is -0.493 e. The van der Waals surface area contributed by atoms with Crippen molar-refractivity contribution in [1.29, 1.82) is 0 Å². The Morgan fingerprint density at radius 1 is 1.03 bits per heavy atom. The molecule has 0 unspecified atom stereocenters. The average molecular weight is 523 g/mol. The molecule has 4 aromatic rings. The van der Waals surface area contributed by atoms with Crippen molar-refractivity contribution in [3.63, 3.8) is 0 Å². The third kappa shape index (κ3) is 5.58. The van der Waals surface area contributed by atoms with E-state index in [1.54, 1.807) is 41.9 Å².